The van der Waals surface area contributed by atoms with Crippen molar-refractivity contribution in [2.75, 3.05) is 19.8 Å². The lowest BCUT2D eigenvalue weighted by Gasteiger charge is -2.38. The van der Waals surface area contributed by atoms with Gasteiger partial charge < -0.3 is 9.64 Å². The van der Waals surface area contributed by atoms with Crippen LogP contribution in [0.25, 0.3) is 0 Å². The summed E-state index contributed by atoms with van der Waals surface area (Å²) in [5.41, 5.74) is 0.229. The van der Waals surface area contributed by atoms with Crippen molar-refractivity contribution in [3.63, 3.8) is 0 Å². The minimum absolute atomic E-state index is 0.0246. The Morgan fingerprint density at radius 1 is 1.47 bits per heavy atom. The lowest BCUT2D eigenvalue weighted by Crippen LogP contribution is -2.45. The first-order chi connectivity index (χ1) is 8.06. The van der Waals surface area contributed by atoms with Crippen LogP contribution >= 0.6 is 0 Å². The largest absolute Gasteiger partial charge is 0.381 e. The lowest BCUT2D eigenvalue weighted by molar-refractivity contribution is -0.132. The lowest BCUT2D eigenvalue weighted by atomic mass is 9.82. The summed E-state index contributed by atoms with van der Waals surface area (Å²) in [7, 11) is 0. The Balaban J connectivity index is 2.03. The summed E-state index contributed by atoms with van der Waals surface area (Å²) in [4.78, 5) is 14.2. The topological polar surface area (TPSA) is 41.6 Å². The van der Waals surface area contributed by atoms with Gasteiger partial charge in [-0.05, 0) is 31.6 Å². The Labute approximate surface area is 104 Å². The average Bonchev–Trinajstić information content (AvgIpc) is 2.57. The van der Waals surface area contributed by atoms with E-state index in [4.69, 9.17) is 4.74 Å². The van der Waals surface area contributed by atoms with Crippen molar-refractivity contribution in [3.05, 3.63) is 0 Å². The highest BCUT2D eigenvalue weighted by Gasteiger charge is 2.39. The molecular weight excluding hydrogens is 216 g/mol. The molecule has 0 aromatic heterocycles. The van der Waals surface area contributed by atoms with E-state index in [9.17, 15) is 4.79 Å². The molecule has 0 bridgehead atoms. The quantitative estimate of drug-likeness (QED) is 0.810. The molecule has 4 heteroatoms. The van der Waals surface area contributed by atoms with Crippen molar-refractivity contribution in [2.45, 2.75) is 52.2 Å². The van der Waals surface area contributed by atoms with Crippen LogP contribution in [0.2, 0.25) is 0 Å². The van der Waals surface area contributed by atoms with Gasteiger partial charge in [-0.15, -0.1) is 0 Å². The fourth-order valence-electron chi connectivity index (χ4n) is 2.81. The smallest absolute Gasteiger partial charge is 0.240 e. The Bertz CT molecular complexity index is 287. The van der Waals surface area contributed by atoms with Gasteiger partial charge in [0.25, 0.3) is 0 Å². The van der Waals surface area contributed by atoms with Crippen LogP contribution in [0.1, 0.15) is 40.0 Å². The number of nitrogens with one attached hydrogen (secondary N) is 1. The predicted molar refractivity (Wildman–Crippen MR) is 66.5 cm³/mol. The summed E-state index contributed by atoms with van der Waals surface area (Å²) < 4.78 is 5.41. The van der Waals surface area contributed by atoms with Crippen LogP contribution in [0.3, 0.4) is 0 Å². The molecule has 2 saturated heterocycles. The molecule has 17 heavy (non-hydrogen) atoms. The first-order valence-corrected chi connectivity index (χ1v) is 6.70. The Morgan fingerprint density at radius 3 is 2.71 bits per heavy atom. The number of nitrogens with zero attached hydrogens (tertiary/aromatic N) is 1. The summed E-state index contributed by atoms with van der Waals surface area (Å²) in [6.45, 7) is 8.89. The SMILES string of the molecule is CCC1NC(C)C(=O)N1CC1(C)CCOCC1. The van der Waals surface area contributed by atoms with Gasteiger partial charge in [0, 0.05) is 19.8 Å². The Morgan fingerprint density at radius 2 is 2.12 bits per heavy atom. The van der Waals surface area contributed by atoms with Gasteiger partial charge in [-0.25, -0.2) is 0 Å². The molecule has 2 atom stereocenters. The average molecular weight is 240 g/mol. The van der Waals surface area contributed by atoms with Gasteiger partial charge >= 0.3 is 0 Å². The molecule has 0 radical (unpaired) electrons. The predicted octanol–water partition coefficient (Wildman–Crippen LogP) is 1.36. The highest BCUT2D eigenvalue weighted by molar-refractivity contribution is 5.83. The molecule has 98 valence electrons. The third-order valence-corrected chi connectivity index (χ3v) is 4.11. The van der Waals surface area contributed by atoms with Crippen LogP contribution in [0, 0.1) is 5.41 Å². The van der Waals surface area contributed by atoms with Crippen LogP contribution in [0.5, 0.6) is 0 Å². The number of carbonyl (C=O) groups is 1. The van der Waals surface area contributed by atoms with Gasteiger partial charge in [0.2, 0.25) is 5.91 Å². The number of rotatable bonds is 3. The maximum absolute atomic E-state index is 12.1. The zero-order chi connectivity index (χ0) is 12.5. The summed E-state index contributed by atoms with van der Waals surface area (Å²) in [6, 6.07) is -0.0246. The first kappa shape index (κ1) is 12.8. The van der Waals surface area contributed by atoms with Crippen molar-refractivity contribution in [2.24, 2.45) is 5.41 Å². The van der Waals surface area contributed by atoms with Crippen LogP contribution in [-0.2, 0) is 9.53 Å². The number of ether oxygens (including phenoxy) is 1. The summed E-state index contributed by atoms with van der Waals surface area (Å²) in [5.74, 6) is 0.254. The molecule has 4 nitrogen and oxygen atoms in total. The number of carbonyl (C=O) groups excluding carboxylic acids is 1. The van der Waals surface area contributed by atoms with Crippen molar-refractivity contribution in [1.82, 2.24) is 10.2 Å². The standard InChI is InChI=1S/C13H24N2O2/c1-4-11-14-10(2)12(16)15(11)9-13(3)5-7-17-8-6-13/h10-11,14H,4-9H2,1-3H3. The molecule has 0 aromatic rings. The number of hydrogen-bond donors (Lipinski definition) is 1. The third-order valence-electron chi connectivity index (χ3n) is 4.11. The maximum atomic E-state index is 12.1. The van der Waals surface area contributed by atoms with Crippen molar-refractivity contribution in [3.8, 4) is 0 Å². The molecule has 0 aromatic carbocycles. The van der Waals surface area contributed by atoms with Gasteiger partial charge in [-0.2, -0.15) is 0 Å². The molecule has 2 heterocycles. The first-order valence-electron chi connectivity index (χ1n) is 6.70. The van der Waals surface area contributed by atoms with E-state index in [0.717, 1.165) is 39.0 Å². The Kier molecular flexibility index (Phi) is 3.73. The summed E-state index contributed by atoms with van der Waals surface area (Å²) >= 11 is 0. The van der Waals surface area contributed by atoms with Gasteiger partial charge in [-0.3, -0.25) is 10.1 Å². The molecule has 1 N–H and O–H groups in total. The number of amides is 1. The third kappa shape index (κ3) is 2.63. The summed E-state index contributed by atoms with van der Waals surface area (Å²) in [6.07, 6.45) is 3.31. The van der Waals surface area contributed by atoms with E-state index in [2.05, 4.69) is 19.2 Å². The molecule has 2 rings (SSSR count). The van der Waals surface area contributed by atoms with Gasteiger partial charge in [0.05, 0.1) is 12.2 Å². The van der Waals surface area contributed by atoms with Crippen LogP contribution in [0.15, 0.2) is 0 Å². The van der Waals surface area contributed by atoms with E-state index in [-0.39, 0.29) is 23.5 Å². The van der Waals surface area contributed by atoms with Crippen LogP contribution in [-0.4, -0.2) is 42.8 Å². The minimum Gasteiger partial charge on any atom is -0.381 e. The van der Waals surface area contributed by atoms with Crippen molar-refractivity contribution in [1.29, 1.82) is 0 Å². The molecule has 2 aliphatic rings. The minimum atomic E-state index is -0.0246. The molecular formula is C13H24N2O2. The molecule has 2 aliphatic heterocycles. The number of hydrogen-bond acceptors (Lipinski definition) is 3. The van der Waals surface area contributed by atoms with Crippen LogP contribution < -0.4 is 5.32 Å². The second kappa shape index (κ2) is 4.94. The normalized spacial score (nSPS) is 33.1. The molecule has 0 spiro atoms. The van der Waals surface area contributed by atoms with E-state index in [1.165, 1.54) is 0 Å². The maximum Gasteiger partial charge on any atom is 0.240 e. The van der Waals surface area contributed by atoms with E-state index in [1.54, 1.807) is 0 Å². The summed E-state index contributed by atoms with van der Waals surface area (Å²) in [5, 5.41) is 3.36. The highest BCUT2D eigenvalue weighted by Crippen LogP contribution is 2.32. The van der Waals surface area contributed by atoms with Gasteiger partial charge in [0.15, 0.2) is 0 Å². The van der Waals surface area contributed by atoms with Gasteiger partial charge in [0.1, 0.15) is 0 Å². The fraction of sp³-hybridized carbons (Fsp3) is 0.923. The highest BCUT2D eigenvalue weighted by atomic mass is 16.5. The van der Waals surface area contributed by atoms with E-state index in [1.807, 2.05) is 11.8 Å². The van der Waals surface area contributed by atoms with E-state index in [0.29, 0.717) is 0 Å². The second-order valence-corrected chi connectivity index (χ2v) is 5.70. The van der Waals surface area contributed by atoms with Crippen LogP contribution in [0.4, 0.5) is 0 Å². The van der Waals surface area contributed by atoms with Crippen molar-refractivity contribution >= 4 is 5.91 Å². The second-order valence-electron chi connectivity index (χ2n) is 5.70. The van der Waals surface area contributed by atoms with Crippen molar-refractivity contribution < 1.29 is 9.53 Å². The van der Waals surface area contributed by atoms with E-state index < -0.39 is 0 Å². The fourth-order valence-corrected chi connectivity index (χ4v) is 2.81. The molecule has 2 unspecified atom stereocenters. The molecule has 1 amide bonds. The zero-order valence-corrected chi connectivity index (χ0v) is 11.2. The molecule has 2 fully saturated rings. The molecule has 0 saturated carbocycles. The Hall–Kier alpha value is -0.610. The van der Waals surface area contributed by atoms with E-state index >= 15 is 0 Å². The van der Waals surface area contributed by atoms with Gasteiger partial charge in [-0.1, -0.05) is 13.8 Å². The monoisotopic (exact) mass is 240 g/mol. The molecule has 0 aliphatic carbocycles. The zero-order valence-electron chi connectivity index (χ0n) is 11.2.